The first-order valence-corrected chi connectivity index (χ1v) is 14.4. The molecule has 0 atom stereocenters. The summed E-state index contributed by atoms with van der Waals surface area (Å²) < 4.78 is 10.7. The van der Waals surface area contributed by atoms with Crippen LogP contribution >= 0.6 is 0 Å². The van der Waals surface area contributed by atoms with Gasteiger partial charge in [-0.2, -0.15) is 0 Å². The van der Waals surface area contributed by atoms with Gasteiger partial charge in [-0.25, -0.2) is 4.98 Å². The number of fused-ring (bicyclic) bond motifs is 1. The van der Waals surface area contributed by atoms with Crippen molar-refractivity contribution >= 4 is 28.4 Å². The van der Waals surface area contributed by atoms with E-state index in [-0.39, 0.29) is 17.4 Å². The molecular formula is C37H26N4O5. The van der Waals surface area contributed by atoms with Crippen LogP contribution in [-0.4, -0.2) is 39.0 Å². The summed E-state index contributed by atoms with van der Waals surface area (Å²) in [6.07, 6.45) is 0. The van der Waals surface area contributed by atoms with Crippen molar-refractivity contribution in [3.63, 3.8) is 0 Å². The number of ketones is 1. The van der Waals surface area contributed by atoms with E-state index in [1.54, 1.807) is 66.7 Å². The number of hydrogen-bond donors (Lipinski definition) is 3. The Bertz CT molecular complexity index is 2220. The average Bonchev–Trinajstić information content (AvgIpc) is 3.77. The smallest absolute Gasteiger partial charge is 0.256 e. The van der Waals surface area contributed by atoms with Gasteiger partial charge in [-0.15, -0.1) is 0 Å². The van der Waals surface area contributed by atoms with Crippen molar-refractivity contribution in [2.45, 2.75) is 0 Å². The third-order valence-corrected chi connectivity index (χ3v) is 7.62. The number of benzene rings is 5. The van der Waals surface area contributed by atoms with Gasteiger partial charge < -0.3 is 24.7 Å². The third-order valence-electron chi connectivity index (χ3n) is 7.62. The zero-order valence-electron chi connectivity index (χ0n) is 24.5. The molecule has 0 aliphatic heterocycles. The van der Waals surface area contributed by atoms with Crippen molar-refractivity contribution in [1.29, 1.82) is 0 Å². The Morgan fingerprint density at radius 3 is 2.37 bits per heavy atom. The predicted molar refractivity (Wildman–Crippen MR) is 175 cm³/mol. The fourth-order valence-corrected chi connectivity index (χ4v) is 5.22. The zero-order chi connectivity index (χ0) is 31.6. The molecule has 7 aromatic rings. The van der Waals surface area contributed by atoms with Gasteiger partial charge in [0.05, 0.1) is 23.7 Å². The first-order chi connectivity index (χ1) is 22.5. The lowest BCUT2D eigenvalue weighted by molar-refractivity contribution is 0.102. The molecule has 2 aromatic heterocycles. The topological polar surface area (TPSA) is 130 Å². The number of amides is 1. The fraction of sp³-hybridized carbons (Fsp3) is 0.0270. The number of rotatable bonds is 8. The predicted octanol–water partition coefficient (Wildman–Crippen LogP) is 7.75. The van der Waals surface area contributed by atoms with Crippen LogP contribution in [-0.2, 0) is 0 Å². The van der Waals surface area contributed by atoms with Crippen LogP contribution in [0.5, 0.6) is 11.5 Å². The molecule has 1 amide bonds. The molecule has 0 fully saturated rings. The Kier molecular flexibility index (Phi) is 7.32. The second-order valence-corrected chi connectivity index (χ2v) is 10.6. The van der Waals surface area contributed by atoms with Crippen LogP contribution in [0.4, 0.5) is 5.69 Å². The normalized spacial score (nSPS) is 11.0. The number of aromatic nitrogens is 3. The second-order valence-electron chi connectivity index (χ2n) is 10.6. The molecule has 0 unspecified atom stereocenters. The van der Waals surface area contributed by atoms with Gasteiger partial charge >= 0.3 is 0 Å². The molecule has 3 N–H and O–H groups in total. The lowest BCUT2D eigenvalue weighted by Crippen LogP contribution is -2.13. The van der Waals surface area contributed by atoms with E-state index >= 15 is 0 Å². The monoisotopic (exact) mass is 606 g/mol. The highest BCUT2D eigenvalue weighted by molar-refractivity contribution is 6.11. The van der Waals surface area contributed by atoms with E-state index in [9.17, 15) is 14.7 Å². The van der Waals surface area contributed by atoms with Crippen LogP contribution in [0.25, 0.3) is 45.0 Å². The van der Waals surface area contributed by atoms with Crippen molar-refractivity contribution < 1.29 is 24.0 Å². The molecular weight excluding hydrogens is 580 g/mol. The van der Waals surface area contributed by atoms with E-state index in [0.717, 1.165) is 11.1 Å². The Labute approximate surface area is 263 Å². The van der Waals surface area contributed by atoms with Crippen LogP contribution in [0.3, 0.4) is 0 Å². The summed E-state index contributed by atoms with van der Waals surface area (Å²) in [4.78, 5) is 34.4. The molecule has 0 radical (unpaired) electrons. The summed E-state index contributed by atoms with van der Waals surface area (Å²) in [6, 6.07) is 35.7. The minimum Gasteiger partial charge on any atom is -0.504 e. The quantitative estimate of drug-likeness (QED) is 0.151. The molecule has 0 saturated carbocycles. The molecule has 224 valence electrons. The number of phenols is 1. The standard InChI is InChI=1S/C37H26N4O5/c1-45-34-20-24(14-18-32(34)42)33-21-30(41-46-33)22-11-15-26(16-12-22)38-37(44)28-10-6-5-9-27(28)36-39-29-17-13-25(19-31(29)40-36)35(43)23-7-3-2-4-8-23/h2-21,42H,1H3,(H,38,44)(H,39,40). The number of aromatic amines is 1. The Morgan fingerprint density at radius 1 is 0.804 bits per heavy atom. The largest absolute Gasteiger partial charge is 0.504 e. The highest BCUT2D eigenvalue weighted by Gasteiger charge is 2.18. The Morgan fingerprint density at radius 2 is 1.57 bits per heavy atom. The number of carbonyl (C=O) groups excluding carboxylic acids is 2. The number of H-pyrrole nitrogens is 1. The van der Waals surface area contributed by atoms with E-state index < -0.39 is 0 Å². The Hall–Kier alpha value is -6.48. The molecule has 0 aliphatic carbocycles. The number of methoxy groups -OCH3 is 1. The summed E-state index contributed by atoms with van der Waals surface area (Å²) in [5.41, 5.74) is 6.32. The first kappa shape index (κ1) is 28.3. The second kappa shape index (κ2) is 11.9. The zero-order valence-corrected chi connectivity index (χ0v) is 24.5. The van der Waals surface area contributed by atoms with E-state index in [1.807, 2.05) is 48.5 Å². The summed E-state index contributed by atoms with van der Waals surface area (Å²) in [7, 11) is 1.48. The number of hydrogen-bond acceptors (Lipinski definition) is 7. The van der Waals surface area contributed by atoms with Crippen molar-refractivity contribution in [1.82, 2.24) is 15.1 Å². The number of carbonyl (C=O) groups is 2. The third kappa shape index (κ3) is 5.48. The van der Waals surface area contributed by atoms with Crippen LogP contribution < -0.4 is 10.1 Å². The summed E-state index contributed by atoms with van der Waals surface area (Å²) in [6.45, 7) is 0. The minimum atomic E-state index is -0.297. The first-order valence-electron chi connectivity index (χ1n) is 14.4. The molecule has 0 bridgehead atoms. The molecule has 7 rings (SSSR count). The molecule has 0 saturated heterocycles. The highest BCUT2D eigenvalue weighted by Crippen LogP contribution is 2.33. The molecule has 0 spiro atoms. The highest BCUT2D eigenvalue weighted by atomic mass is 16.5. The Balaban J connectivity index is 1.09. The fourth-order valence-electron chi connectivity index (χ4n) is 5.22. The number of anilines is 1. The number of ether oxygens (including phenoxy) is 1. The van der Waals surface area contributed by atoms with Crippen LogP contribution in [0.1, 0.15) is 26.3 Å². The van der Waals surface area contributed by atoms with Crippen LogP contribution in [0.15, 0.2) is 126 Å². The molecule has 9 heteroatoms. The van der Waals surface area contributed by atoms with Gasteiger partial charge in [0.25, 0.3) is 5.91 Å². The number of aromatic hydroxyl groups is 1. The van der Waals surface area contributed by atoms with Crippen LogP contribution in [0.2, 0.25) is 0 Å². The van der Waals surface area contributed by atoms with Gasteiger partial charge in [-0.1, -0.05) is 65.8 Å². The molecule has 5 aromatic carbocycles. The number of nitrogens with zero attached hydrogens (tertiary/aromatic N) is 2. The van der Waals surface area contributed by atoms with E-state index in [0.29, 0.717) is 62.0 Å². The van der Waals surface area contributed by atoms with Gasteiger partial charge in [0.1, 0.15) is 11.5 Å². The summed E-state index contributed by atoms with van der Waals surface area (Å²) in [5, 5.41) is 17.0. The van der Waals surface area contributed by atoms with Gasteiger partial charge in [0, 0.05) is 39.6 Å². The van der Waals surface area contributed by atoms with Crippen molar-refractivity contribution in [3.05, 3.63) is 138 Å². The molecule has 46 heavy (non-hydrogen) atoms. The number of nitrogens with one attached hydrogen (secondary N) is 2. The summed E-state index contributed by atoms with van der Waals surface area (Å²) >= 11 is 0. The van der Waals surface area contributed by atoms with Gasteiger partial charge in [0.15, 0.2) is 23.0 Å². The van der Waals surface area contributed by atoms with Crippen LogP contribution in [0, 0.1) is 0 Å². The molecule has 0 aliphatic rings. The van der Waals surface area contributed by atoms with E-state index in [1.165, 1.54) is 13.2 Å². The van der Waals surface area contributed by atoms with Crippen molar-refractivity contribution in [2.24, 2.45) is 0 Å². The molecule has 2 heterocycles. The van der Waals surface area contributed by atoms with Crippen molar-refractivity contribution in [2.75, 3.05) is 12.4 Å². The van der Waals surface area contributed by atoms with E-state index in [4.69, 9.17) is 14.2 Å². The lowest BCUT2D eigenvalue weighted by Gasteiger charge is -2.09. The summed E-state index contributed by atoms with van der Waals surface area (Å²) in [5.74, 6) is 1.03. The maximum atomic E-state index is 13.5. The lowest BCUT2D eigenvalue weighted by atomic mass is 10.0. The number of phenolic OH excluding ortho intramolecular Hbond substituents is 1. The SMILES string of the molecule is COc1cc(-c2cc(-c3ccc(NC(=O)c4ccccc4-c4nc5cc(C(=O)c6ccccc6)ccc5[nH]4)cc3)no2)ccc1O. The maximum Gasteiger partial charge on any atom is 0.256 e. The average molecular weight is 607 g/mol. The van der Waals surface area contributed by atoms with Gasteiger partial charge in [-0.3, -0.25) is 9.59 Å². The van der Waals surface area contributed by atoms with Gasteiger partial charge in [-0.05, 0) is 54.6 Å². The van der Waals surface area contributed by atoms with E-state index in [2.05, 4.69) is 15.5 Å². The number of imidazole rings is 1. The minimum absolute atomic E-state index is 0.0367. The van der Waals surface area contributed by atoms with Gasteiger partial charge in [0.2, 0.25) is 0 Å². The molecule has 9 nitrogen and oxygen atoms in total. The maximum absolute atomic E-state index is 13.5. The van der Waals surface area contributed by atoms with Crippen molar-refractivity contribution in [3.8, 4) is 45.5 Å².